The molecule has 5 aliphatic rings. The van der Waals surface area contributed by atoms with Gasteiger partial charge in [0.15, 0.2) is 11.2 Å². The van der Waals surface area contributed by atoms with Crippen LogP contribution in [0, 0.1) is 0 Å². The smallest absolute Gasteiger partial charge is 0.340 e. The van der Waals surface area contributed by atoms with Gasteiger partial charge >= 0.3 is 23.9 Å². The minimum absolute atomic E-state index is 0.0371. The van der Waals surface area contributed by atoms with E-state index >= 15 is 0 Å². The first kappa shape index (κ1) is 49.8. The first-order valence-electron chi connectivity index (χ1n) is 21.0. The molecule has 6 aromatic rings. The van der Waals surface area contributed by atoms with Crippen LogP contribution in [0.5, 0.6) is 46.0 Å². The predicted octanol–water partition coefficient (Wildman–Crippen LogP) is 6.93. The predicted molar refractivity (Wildman–Crippen MR) is 246 cm³/mol. The molecule has 5 heterocycles. The van der Waals surface area contributed by atoms with Gasteiger partial charge in [-0.05, 0) is 60.7 Å². The summed E-state index contributed by atoms with van der Waals surface area (Å²) in [6.07, 6.45) is 0.262. The molecule has 11 rings (SSSR count). The number of carboxylic acid groups (broad SMARTS) is 1. The lowest BCUT2D eigenvalue weighted by Gasteiger charge is -2.36. The van der Waals surface area contributed by atoms with Gasteiger partial charge in [-0.15, -0.1) is 5.06 Å². The highest BCUT2D eigenvalue weighted by molar-refractivity contribution is 7.77. The summed E-state index contributed by atoms with van der Waals surface area (Å²) in [6.45, 7) is 3.50. The second-order valence-electron chi connectivity index (χ2n) is 15.5. The molecule has 0 saturated carbocycles. The zero-order chi connectivity index (χ0) is 51.4. The number of phenolic OH excluding ortho intramolecular Hbond substituents is 4. The van der Waals surface area contributed by atoms with Crippen molar-refractivity contribution < 1.29 is 87.7 Å². The number of hydrogen-bond acceptors (Lipinski definition) is 19. The molecule has 6 aromatic carbocycles. The van der Waals surface area contributed by atoms with E-state index in [0.29, 0.717) is 72.6 Å². The minimum atomic E-state index is -1.17. The summed E-state index contributed by atoms with van der Waals surface area (Å²) in [5, 5.41) is 47.3. The lowest BCUT2D eigenvalue weighted by atomic mass is 9.77. The van der Waals surface area contributed by atoms with Crippen molar-refractivity contribution in [3.05, 3.63) is 166 Å². The number of hydrogen-bond donors (Lipinski definition) is 7. The number of rotatable bonds is 2. The van der Waals surface area contributed by atoms with E-state index in [1.165, 1.54) is 55.5 Å². The quantitative estimate of drug-likeness (QED) is 0.0304. The van der Waals surface area contributed by atoms with Crippen LogP contribution in [0.25, 0.3) is 0 Å². The second-order valence-corrected chi connectivity index (χ2v) is 15.7. The number of benzene rings is 6. The molecule has 20 nitrogen and oxygen atoms in total. The highest BCUT2D eigenvalue weighted by Gasteiger charge is 2.55. The Bertz CT molecular complexity index is 2860. The van der Waals surface area contributed by atoms with E-state index in [1.54, 1.807) is 48.5 Å². The minimum Gasteiger partial charge on any atom is -0.508 e. The number of carbonyl (C=O) groups excluding carboxylic acids is 6. The number of phenols is 4. The molecular weight excluding hydrogens is 949 g/mol. The van der Waals surface area contributed by atoms with E-state index in [-0.39, 0.29) is 35.8 Å². The Balaban J connectivity index is 0.000000151. The molecule has 6 N–H and O–H groups in total. The Labute approximate surface area is 407 Å². The van der Waals surface area contributed by atoms with Crippen molar-refractivity contribution >= 4 is 54.5 Å². The van der Waals surface area contributed by atoms with E-state index in [1.807, 2.05) is 29.2 Å². The first-order valence-corrected chi connectivity index (χ1v) is 21.4. The van der Waals surface area contributed by atoms with E-state index in [4.69, 9.17) is 28.8 Å². The standard InChI is InChI=1S/2C20H12O5.C6H7NO4.C2H5NO2S.C2H4O2/c2*21-11-5-7-15-17(9-11)24-18-10-12(22)6-8-16(18)20(15)14-4-2-1-3-13(14)19(23)25-20;1-4(8)11-7-5(9)2-3-6(7)10;1-2(4)5-3-6;1-2(3)4/h2*1-10,21-22H;2-3H2,1H3;3,6H,1H3;1H3,(H,3,4). The number of hydroxylamine groups is 2. The van der Waals surface area contributed by atoms with Gasteiger partial charge in [-0.1, -0.05) is 54.1 Å². The zero-order valence-electron chi connectivity index (χ0n) is 37.4. The van der Waals surface area contributed by atoms with Crippen LogP contribution in [0.3, 0.4) is 0 Å². The lowest BCUT2D eigenvalue weighted by Crippen LogP contribution is -2.32. The highest BCUT2D eigenvalue weighted by Crippen LogP contribution is 2.58. The second kappa shape index (κ2) is 20.3. The SMILES string of the molecule is CC(=O)O.CC(=O)ON1C(=O)CCC1=O.CC(=O)ONS.O=C1OC2(c3ccc(O)cc3Oc3cc(O)ccc32)c2ccccc21.O=C1OC2(c3ccc(O)cc3Oc3cc(O)ccc32)c2ccccc21. The molecule has 0 aromatic heterocycles. The van der Waals surface area contributed by atoms with Crippen molar-refractivity contribution in [2.75, 3.05) is 0 Å². The van der Waals surface area contributed by atoms with Crippen molar-refractivity contribution in [2.24, 2.45) is 0 Å². The molecular formula is C50H40N2O18S. The average molecular weight is 989 g/mol. The maximum absolute atomic E-state index is 12.5. The van der Waals surface area contributed by atoms with Crippen LogP contribution in [-0.2, 0) is 54.3 Å². The molecule has 0 bridgehead atoms. The number of fused-ring (bicyclic) bond motifs is 12. The van der Waals surface area contributed by atoms with Gasteiger partial charge in [0.05, 0.1) is 11.1 Å². The van der Waals surface area contributed by atoms with Gasteiger partial charge in [-0.25, -0.2) is 14.4 Å². The third kappa shape index (κ3) is 9.80. The number of carbonyl (C=O) groups is 7. The third-order valence-electron chi connectivity index (χ3n) is 10.8. The van der Waals surface area contributed by atoms with Crippen molar-refractivity contribution in [3.8, 4) is 46.0 Å². The van der Waals surface area contributed by atoms with Gasteiger partial charge in [-0.2, -0.15) is 0 Å². The van der Waals surface area contributed by atoms with Gasteiger partial charge in [0.1, 0.15) is 46.0 Å². The van der Waals surface area contributed by atoms with Gasteiger partial charge in [0.2, 0.25) is 0 Å². The zero-order valence-corrected chi connectivity index (χ0v) is 38.3. The summed E-state index contributed by atoms with van der Waals surface area (Å²) in [5.41, 5.74) is 2.57. The van der Waals surface area contributed by atoms with Gasteiger partial charge in [-0.3, -0.25) is 19.2 Å². The van der Waals surface area contributed by atoms with Gasteiger partial charge in [0.25, 0.3) is 17.8 Å². The number of thiol groups is 1. The number of aromatic hydroxyl groups is 4. The molecule has 1 fully saturated rings. The van der Waals surface area contributed by atoms with Crippen LogP contribution in [0.4, 0.5) is 0 Å². The fourth-order valence-electron chi connectivity index (χ4n) is 8.16. The van der Waals surface area contributed by atoms with Crippen molar-refractivity contribution in [1.82, 2.24) is 9.95 Å². The van der Waals surface area contributed by atoms with Crippen LogP contribution >= 0.6 is 12.8 Å². The number of nitrogens with zero attached hydrogens (tertiary/aromatic N) is 1. The number of carboxylic acids is 1. The van der Waals surface area contributed by atoms with Crippen LogP contribution < -0.4 is 14.4 Å². The van der Waals surface area contributed by atoms with Gasteiger partial charge in [0, 0.05) is 91.3 Å². The normalized spacial score (nSPS) is 14.8. The fraction of sp³-hybridized carbons (Fsp3) is 0.140. The molecule has 0 radical (unpaired) electrons. The number of ether oxygens (including phenoxy) is 4. The van der Waals surface area contributed by atoms with E-state index in [9.17, 15) is 49.2 Å². The average Bonchev–Trinajstić information content (AvgIpc) is 3.90. The van der Waals surface area contributed by atoms with Crippen LogP contribution in [0.1, 0.15) is 87.7 Å². The highest BCUT2D eigenvalue weighted by atomic mass is 32.1. The monoisotopic (exact) mass is 988 g/mol. The Morgan fingerprint density at radius 2 is 0.859 bits per heavy atom. The topological polar surface area (TPSA) is 291 Å². The van der Waals surface area contributed by atoms with Crippen molar-refractivity contribution in [1.29, 1.82) is 0 Å². The van der Waals surface area contributed by atoms with Crippen LogP contribution in [0.2, 0.25) is 0 Å². The summed E-state index contributed by atoms with van der Waals surface area (Å²) in [5.74, 6) is -1.98. The fourth-order valence-corrected chi connectivity index (χ4v) is 8.29. The van der Waals surface area contributed by atoms with E-state index in [2.05, 4.69) is 22.5 Å². The molecule has 364 valence electrons. The largest absolute Gasteiger partial charge is 0.508 e. The molecule has 0 atom stereocenters. The summed E-state index contributed by atoms with van der Waals surface area (Å²) in [4.78, 5) is 85.8. The third-order valence-corrected chi connectivity index (χ3v) is 10.9. The van der Waals surface area contributed by atoms with Crippen molar-refractivity contribution in [2.45, 2.75) is 44.8 Å². The molecule has 1 saturated heterocycles. The maximum atomic E-state index is 12.5. The van der Waals surface area contributed by atoms with E-state index < -0.39 is 52.9 Å². The maximum Gasteiger partial charge on any atom is 0.340 e. The Morgan fingerprint density at radius 1 is 0.535 bits per heavy atom. The Hall–Kier alpha value is -9.08. The Kier molecular flexibility index (Phi) is 14.2. The lowest BCUT2D eigenvalue weighted by molar-refractivity contribution is -0.195. The first-order chi connectivity index (χ1) is 33.8. The number of imide groups is 1. The van der Waals surface area contributed by atoms with Gasteiger partial charge < -0.3 is 54.2 Å². The molecule has 0 unspecified atom stereocenters. The molecule has 71 heavy (non-hydrogen) atoms. The molecule has 5 aliphatic heterocycles. The van der Waals surface area contributed by atoms with Crippen LogP contribution in [-0.4, -0.2) is 72.3 Å². The number of aliphatic carboxylic acids is 1. The summed E-state index contributed by atoms with van der Waals surface area (Å²) in [7, 11) is 0. The molecule has 2 spiro atoms. The van der Waals surface area contributed by atoms with E-state index in [0.717, 1.165) is 13.8 Å². The number of amides is 2. The molecule has 2 amide bonds. The number of esters is 2. The van der Waals surface area contributed by atoms with Crippen LogP contribution in [0.15, 0.2) is 121 Å². The summed E-state index contributed by atoms with van der Waals surface area (Å²) >= 11 is 3.37. The number of nitrogens with one attached hydrogen (secondary N) is 1. The summed E-state index contributed by atoms with van der Waals surface area (Å²) < 4.78 is 23.6. The molecule has 0 aliphatic carbocycles. The Morgan fingerprint density at radius 3 is 1.14 bits per heavy atom. The summed E-state index contributed by atoms with van der Waals surface area (Å²) in [6, 6.07) is 33.2. The van der Waals surface area contributed by atoms with Crippen molar-refractivity contribution in [3.63, 3.8) is 0 Å². The molecule has 21 heteroatoms.